The molecule has 0 spiro atoms. The molecule has 5 nitrogen and oxygen atoms in total. The summed E-state index contributed by atoms with van der Waals surface area (Å²) in [7, 11) is 1.55. The largest absolute Gasteiger partial charge is 0.493 e. The Morgan fingerprint density at radius 1 is 1.60 bits per heavy atom. The fourth-order valence-electron chi connectivity index (χ4n) is 1.32. The Morgan fingerprint density at radius 3 is 2.73 bits per heavy atom. The lowest BCUT2D eigenvalue weighted by molar-refractivity contribution is 0.0867. The van der Waals surface area contributed by atoms with Crippen LogP contribution in [0.5, 0.6) is 5.88 Å². The Labute approximate surface area is 88.1 Å². The van der Waals surface area contributed by atoms with Crippen LogP contribution < -0.4 is 5.56 Å². The van der Waals surface area contributed by atoms with Crippen LogP contribution in [0.4, 0.5) is 0 Å². The third-order valence-electron chi connectivity index (χ3n) is 2.28. The number of nitrogens with one attached hydrogen (secondary N) is 1. The van der Waals surface area contributed by atoms with Gasteiger partial charge >= 0.3 is 0 Å². The molecular formula is C10H16N2O3. The summed E-state index contributed by atoms with van der Waals surface area (Å²) in [5.74, 6) is 0.152. The quantitative estimate of drug-likeness (QED) is 0.788. The van der Waals surface area contributed by atoms with E-state index in [1.807, 2.05) is 6.92 Å². The molecule has 0 aliphatic carbocycles. The molecule has 1 atom stereocenters. The number of aromatic amines is 1. The average Bonchev–Trinajstić information content (AvgIpc) is 2.22. The molecule has 0 saturated carbocycles. The third kappa shape index (κ3) is 2.56. The minimum absolute atomic E-state index is 0.227. The highest BCUT2D eigenvalue weighted by Gasteiger charge is 2.15. The van der Waals surface area contributed by atoms with Crippen molar-refractivity contribution in [3.05, 3.63) is 21.7 Å². The fraction of sp³-hybridized carbons (Fsp3) is 0.600. The third-order valence-corrected chi connectivity index (χ3v) is 2.28. The second-order valence-electron chi connectivity index (χ2n) is 3.41. The Hall–Kier alpha value is -1.36. The highest BCUT2D eigenvalue weighted by atomic mass is 16.5. The lowest BCUT2D eigenvalue weighted by atomic mass is 10.2. The molecule has 1 aromatic rings. The van der Waals surface area contributed by atoms with Gasteiger partial charge in [-0.25, -0.2) is 0 Å². The first-order chi connectivity index (χ1) is 7.10. The number of aromatic hydroxyl groups is 1. The summed E-state index contributed by atoms with van der Waals surface area (Å²) in [5, 5.41) is 9.41. The number of aromatic nitrogens is 2. The Balaban J connectivity index is 3.09. The molecule has 0 saturated heterocycles. The summed E-state index contributed by atoms with van der Waals surface area (Å²) >= 11 is 0. The van der Waals surface area contributed by atoms with E-state index < -0.39 is 0 Å². The number of H-pyrrole nitrogens is 1. The summed E-state index contributed by atoms with van der Waals surface area (Å²) in [6, 6.07) is 0. The monoisotopic (exact) mass is 212 g/mol. The molecule has 1 unspecified atom stereocenters. The van der Waals surface area contributed by atoms with E-state index >= 15 is 0 Å². The van der Waals surface area contributed by atoms with E-state index in [1.54, 1.807) is 7.11 Å². The maximum atomic E-state index is 11.4. The van der Waals surface area contributed by atoms with Crippen molar-refractivity contribution in [2.45, 2.75) is 32.8 Å². The molecule has 0 aliphatic rings. The normalized spacial score (nSPS) is 12.7. The maximum absolute atomic E-state index is 11.4. The zero-order valence-corrected chi connectivity index (χ0v) is 9.20. The fourth-order valence-corrected chi connectivity index (χ4v) is 1.32. The first-order valence-corrected chi connectivity index (χ1v) is 4.92. The van der Waals surface area contributed by atoms with Crippen LogP contribution in [0.25, 0.3) is 0 Å². The Bertz CT molecular complexity index is 387. The second kappa shape index (κ2) is 4.93. The Kier molecular flexibility index (Phi) is 3.85. The van der Waals surface area contributed by atoms with E-state index in [0.717, 1.165) is 12.8 Å². The van der Waals surface area contributed by atoms with Crippen LogP contribution in [-0.2, 0) is 4.74 Å². The van der Waals surface area contributed by atoms with Crippen molar-refractivity contribution in [1.82, 2.24) is 9.97 Å². The van der Waals surface area contributed by atoms with E-state index in [0.29, 0.717) is 5.82 Å². The van der Waals surface area contributed by atoms with Crippen molar-refractivity contribution in [3.8, 4) is 5.88 Å². The summed E-state index contributed by atoms with van der Waals surface area (Å²) in [4.78, 5) is 17.9. The average molecular weight is 212 g/mol. The van der Waals surface area contributed by atoms with Gasteiger partial charge in [-0.05, 0) is 13.3 Å². The van der Waals surface area contributed by atoms with Crippen LogP contribution in [0, 0.1) is 6.92 Å². The van der Waals surface area contributed by atoms with Crippen LogP contribution in [-0.4, -0.2) is 22.2 Å². The number of hydrogen-bond acceptors (Lipinski definition) is 4. The van der Waals surface area contributed by atoms with Gasteiger partial charge in [0.15, 0.2) is 0 Å². The summed E-state index contributed by atoms with van der Waals surface area (Å²) in [6.07, 6.45) is 1.40. The molecule has 1 rings (SSSR count). The summed E-state index contributed by atoms with van der Waals surface area (Å²) in [6.45, 7) is 3.53. The summed E-state index contributed by atoms with van der Waals surface area (Å²) < 4.78 is 5.18. The van der Waals surface area contributed by atoms with E-state index in [9.17, 15) is 9.90 Å². The molecule has 5 heteroatoms. The van der Waals surface area contributed by atoms with Gasteiger partial charge in [-0.3, -0.25) is 4.79 Å². The van der Waals surface area contributed by atoms with Crippen molar-refractivity contribution in [3.63, 3.8) is 0 Å². The van der Waals surface area contributed by atoms with Crippen LogP contribution in [0.3, 0.4) is 0 Å². The predicted molar refractivity (Wildman–Crippen MR) is 55.9 cm³/mol. The van der Waals surface area contributed by atoms with Crippen LogP contribution in [0.15, 0.2) is 4.79 Å². The Morgan fingerprint density at radius 2 is 2.27 bits per heavy atom. The minimum Gasteiger partial charge on any atom is -0.493 e. The standard InChI is InChI=1S/C10H16N2O3/c1-4-5-7(15-3)8-11-9(13)6(2)10(14)12-8/h7H,4-5H2,1-3H3,(H2,11,12,13,14). The molecule has 2 N–H and O–H groups in total. The molecule has 0 aliphatic heterocycles. The van der Waals surface area contributed by atoms with Crippen molar-refractivity contribution < 1.29 is 9.84 Å². The number of rotatable bonds is 4. The maximum Gasteiger partial charge on any atom is 0.257 e. The van der Waals surface area contributed by atoms with Crippen LogP contribution >= 0.6 is 0 Å². The van der Waals surface area contributed by atoms with Gasteiger partial charge < -0.3 is 14.8 Å². The minimum atomic E-state index is -0.323. The van der Waals surface area contributed by atoms with E-state index in [1.165, 1.54) is 6.92 Å². The molecule has 1 heterocycles. The van der Waals surface area contributed by atoms with Gasteiger partial charge in [0.05, 0.1) is 5.56 Å². The zero-order chi connectivity index (χ0) is 11.4. The van der Waals surface area contributed by atoms with Gasteiger partial charge in [-0.1, -0.05) is 13.3 Å². The van der Waals surface area contributed by atoms with E-state index in [4.69, 9.17) is 4.74 Å². The number of nitrogens with zero attached hydrogens (tertiary/aromatic N) is 1. The zero-order valence-electron chi connectivity index (χ0n) is 9.20. The topological polar surface area (TPSA) is 75.2 Å². The SMILES string of the molecule is CCCC(OC)c1nc(O)c(C)c(=O)[nH]1. The molecule has 0 bridgehead atoms. The number of ether oxygens (including phenoxy) is 1. The highest BCUT2D eigenvalue weighted by Crippen LogP contribution is 2.19. The molecule has 15 heavy (non-hydrogen) atoms. The first-order valence-electron chi connectivity index (χ1n) is 4.92. The van der Waals surface area contributed by atoms with Gasteiger partial charge in [0.2, 0.25) is 5.88 Å². The molecule has 0 amide bonds. The van der Waals surface area contributed by atoms with Crippen LogP contribution in [0.2, 0.25) is 0 Å². The molecule has 0 fully saturated rings. The molecule has 1 aromatic heterocycles. The highest BCUT2D eigenvalue weighted by molar-refractivity contribution is 5.20. The second-order valence-corrected chi connectivity index (χ2v) is 3.41. The molecule has 84 valence electrons. The first kappa shape index (κ1) is 11.7. The van der Waals surface area contributed by atoms with Crippen molar-refractivity contribution >= 4 is 0 Å². The number of hydrogen-bond donors (Lipinski definition) is 2. The van der Waals surface area contributed by atoms with E-state index in [2.05, 4.69) is 9.97 Å². The van der Waals surface area contributed by atoms with Gasteiger partial charge in [0.25, 0.3) is 5.56 Å². The summed E-state index contributed by atoms with van der Waals surface area (Å²) in [5.41, 5.74) is -0.0965. The van der Waals surface area contributed by atoms with Gasteiger partial charge in [-0.2, -0.15) is 4.98 Å². The molecule has 0 aromatic carbocycles. The molecular weight excluding hydrogens is 196 g/mol. The van der Waals surface area contributed by atoms with Gasteiger partial charge in [0.1, 0.15) is 11.9 Å². The van der Waals surface area contributed by atoms with Crippen molar-refractivity contribution in [2.75, 3.05) is 7.11 Å². The van der Waals surface area contributed by atoms with Crippen LogP contribution in [0.1, 0.15) is 37.3 Å². The predicted octanol–water partition coefficient (Wildman–Crippen LogP) is 1.27. The lowest BCUT2D eigenvalue weighted by Crippen LogP contribution is -2.17. The molecule has 0 radical (unpaired) electrons. The van der Waals surface area contributed by atoms with Gasteiger partial charge in [-0.15, -0.1) is 0 Å². The van der Waals surface area contributed by atoms with Gasteiger partial charge in [0, 0.05) is 7.11 Å². The van der Waals surface area contributed by atoms with E-state index in [-0.39, 0.29) is 23.1 Å². The lowest BCUT2D eigenvalue weighted by Gasteiger charge is -2.13. The number of methoxy groups -OCH3 is 1. The smallest absolute Gasteiger partial charge is 0.257 e. The van der Waals surface area contributed by atoms with Crippen molar-refractivity contribution in [2.24, 2.45) is 0 Å². The van der Waals surface area contributed by atoms with Crippen molar-refractivity contribution in [1.29, 1.82) is 0 Å².